The third-order valence-electron chi connectivity index (χ3n) is 5.42. The van der Waals surface area contributed by atoms with Crippen LogP contribution in [0.15, 0.2) is 54.8 Å². The average Bonchev–Trinajstić information content (AvgIpc) is 2.75. The number of likely N-dealkylation sites (tertiary alicyclic amines) is 1. The van der Waals surface area contributed by atoms with Crippen LogP contribution in [-0.2, 0) is 14.3 Å². The van der Waals surface area contributed by atoms with Crippen molar-refractivity contribution >= 4 is 11.5 Å². The largest absolute Gasteiger partial charge is 0.499 e. The molecular weight excluding hydrogens is 381 g/mol. The van der Waals surface area contributed by atoms with Crippen LogP contribution in [0, 0.1) is 18.7 Å². The summed E-state index contributed by atoms with van der Waals surface area (Å²) < 4.78 is 24.9. The van der Waals surface area contributed by atoms with Gasteiger partial charge in [0, 0.05) is 18.7 Å². The van der Waals surface area contributed by atoms with E-state index < -0.39 is 0 Å². The predicted octanol–water partition coefficient (Wildman–Crippen LogP) is 4.82. The third-order valence-corrected chi connectivity index (χ3v) is 5.42. The number of nitrogens with zero attached hydrogens (tertiary/aromatic N) is 1. The number of piperidine rings is 1. The molecule has 0 unspecified atom stereocenters. The van der Waals surface area contributed by atoms with Crippen molar-refractivity contribution in [1.29, 1.82) is 0 Å². The highest BCUT2D eigenvalue weighted by molar-refractivity contribution is 5.80. The number of carbonyl (C=O) groups is 1. The van der Waals surface area contributed by atoms with E-state index in [-0.39, 0.29) is 17.7 Å². The zero-order valence-corrected chi connectivity index (χ0v) is 17.8. The number of hydrogen-bond acceptors (Lipinski definition) is 4. The van der Waals surface area contributed by atoms with Crippen LogP contribution in [0.3, 0.4) is 0 Å². The summed E-state index contributed by atoms with van der Waals surface area (Å²) >= 11 is 0. The van der Waals surface area contributed by atoms with Crippen molar-refractivity contribution in [2.24, 2.45) is 5.92 Å². The second kappa shape index (κ2) is 10.9. The van der Waals surface area contributed by atoms with E-state index in [2.05, 4.69) is 4.90 Å². The summed E-state index contributed by atoms with van der Waals surface area (Å²) in [7, 11) is 0. The third kappa shape index (κ3) is 5.92. The highest BCUT2D eigenvalue weighted by Crippen LogP contribution is 2.27. The lowest BCUT2D eigenvalue weighted by atomic mass is 9.95. The Kier molecular flexibility index (Phi) is 8.03. The molecule has 0 N–H and O–H groups in total. The van der Waals surface area contributed by atoms with Crippen LogP contribution in [0.5, 0.6) is 0 Å². The smallest absolute Gasteiger partial charge is 0.310 e. The number of benzene rings is 2. The van der Waals surface area contributed by atoms with E-state index in [0.29, 0.717) is 19.8 Å². The van der Waals surface area contributed by atoms with Gasteiger partial charge in [-0.05, 0) is 62.1 Å². The molecule has 0 aliphatic carbocycles. The number of hydrogen-bond donors (Lipinski definition) is 0. The molecule has 1 fully saturated rings. The Hall–Kier alpha value is -2.66. The Labute approximate surface area is 178 Å². The first-order chi connectivity index (χ1) is 14.6. The van der Waals surface area contributed by atoms with Crippen molar-refractivity contribution in [2.45, 2.75) is 26.7 Å². The number of aryl methyl sites for hydroxylation is 1. The van der Waals surface area contributed by atoms with Crippen LogP contribution in [-0.4, -0.2) is 43.7 Å². The molecule has 0 spiro atoms. The van der Waals surface area contributed by atoms with E-state index in [1.807, 2.05) is 44.2 Å². The first-order valence-corrected chi connectivity index (χ1v) is 10.6. The minimum atomic E-state index is -0.273. The van der Waals surface area contributed by atoms with Crippen LogP contribution in [0.25, 0.3) is 5.57 Å². The zero-order chi connectivity index (χ0) is 21.3. The standard InChI is InChI=1S/C25H30FNO3/c1-3-30-25(28)21-10-7-13-27(17-21)14-15-29-18-24(20-9-6-11-22(26)16-20)23-12-5-4-8-19(23)2/h4-6,8-9,11-12,16,18,21H,3,7,10,13-15,17H2,1-2H3/b24-18+/t21-/m1/s1. The molecule has 1 heterocycles. The molecule has 160 valence electrons. The van der Waals surface area contributed by atoms with Gasteiger partial charge in [0.2, 0.25) is 0 Å². The summed E-state index contributed by atoms with van der Waals surface area (Å²) in [6.07, 6.45) is 3.59. The summed E-state index contributed by atoms with van der Waals surface area (Å²) in [5, 5.41) is 0. The molecule has 0 bridgehead atoms. The van der Waals surface area contributed by atoms with Gasteiger partial charge >= 0.3 is 5.97 Å². The maximum Gasteiger partial charge on any atom is 0.310 e. The van der Waals surface area contributed by atoms with E-state index in [1.165, 1.54) is 12.1 Å². The molecule has 0 radical (unpaired) electrons. The molecule has 30 heavy (non-hydrogen) atoms. The molecule has 1 aliphatic heterocycles. The van der Waals surface area contributed by atoms with Gasteiger partial charge < -0.3 is 9.47 Å². The van der Waals surface area contributed by atoms with Gasteiger partial charge in [0.1, 0.15) is 12.4 Å². The maximum atomic E-state index is 13.8. The van der Waals surface area contributed by atoms with Crippen LogP contribution in [0.4, 0.5) is 4.39 Å². The normalized spacial score (nSPS) is 17.6. The first-order valence-electron chi connectivity index (χ1n) is 10.6. The van der Waals surface area contributed by atoms with Crippen LogP contribution in [0.1, 0.15) is 36.5 Å². The number of carbonyl (C=O) groups excluding carboxylic acids is 1. The van der Waals surface area contributed by atoms with Gasteiger partial charge in [-0.3, -0.25) is 9.69 Å². The van der Waals surface area contributed by atoms with E-state index in [0.717, 1.165) is 48.2 Å². The average molecular weight is 412 g/mol. The van der Waals surface area contributed by atoms with Crippen LogP contribution < -0.4 is 0 Å². The van der Waals surface area contributed by atoms with E-state index in [9.17, 15) is 9.18 Å². The summed E-state index contributed by atoms with van der Waals surface area (Å²) in [5.41, 5.74) is 3.76. The van der Waals surface area contributed by atoms with Gasteiger partial charge in [-0.2, -0.15) is 0 Å². The summed E-state index contributed by atoms with van der Waals surface area (Å²) in [5.74, 6) is -0.426. The minimum absolute atomic E-state index is 0.0518. The van der Waals surface area contributed by atoms with Crippen molar-refractivity contribution in [1.82, 2.24) is 4.90 Å². The summed E-state index contributed by atoms with van der Waals surface area (Å²) in [6.45, 7) is 7.19. The molecule has 0 amide bonds. The van der Waals surface area contributed by atoms with Crippen molar-refractivity contribution in [3.8, 4) is 0 Å². The SMILES string of the molecule is CCOC(=O)[C@@H]1CCCN(CCO/C=C(\c2cccc(F)c2)c2ccccc2C)C1. The predicted molar refractivity (Wildman–Crippen MR) is 116 cm³/mol. The van der Waals surface area contributed by atoms with Crippen molar-refractivity contribution in [2.75, 3.05) is 32.8 Å². The molecule has 0 aromatic heterocycles. The minimum Gasteiger partial charge on any atom is -0.499 e. The second-order valence-electron chi connectivity index (χ2n) is 7.62. The van der Waals surface area contributed by atoms with E-state index >= 15 is 0 Å². The topological polar surface area (TPSA) is 38.8 Å². The van der Waals surface area contributed by atoms with E-state index in [1.54, 1.807) is 12.3 Å². The molecule has 5 heteroatoms. The van der Waals surface area contributed by atoms with Gasteiger partial charge in [0.05, 0.1) is 18.8 Å². The molecule has 0 saturated carbocycles. The maximum absolute atomic E-state index is 13.8. The zero-order valence-electron chi connectivity index (χ0n) is 17.8. The highest BCUT2D eigenvalue weighted by atomic mass is 19.1. The monoisotopic (exact) mass is 411 g/mol. The van der Waals surface area contributed by atoms with Crippen molar-refractivity contribution in [3.63, 3.8) is 0 Å². The van der Waals surface area contributed by atoms with Crippen LogP contribution in [0.2, 0.25) is 0 Å². The number of esters is 1. The van der Waals surface area contributed by atoms with Gasteiger partial charge in [0.25, 0.3) is 0 Å². The Balaban J connectivity index is 1.65. The Morgan fingerprint density at radius 3 is 2.83 bits per heavy atom. The van der Waals surface area contributed by atoms with Gasteiger partial charge in [-0.1, -0.05) is 36.4 Å². The number of halogens is 1. The first kappa shape index (κ1) is 22.0. The summed E-state index contributed by atoms with van der Waals surface area (Å²) in [6, 6.07) is 14.6. The lowest BCUT2D eigenvalue weighted by Gasteiger charge is -2.31. The highest BCUT2D eigenvalue weighted by Gasteiger charge is 2.26. The molecule has 1 atom stereocenters. The molecule has 1 aliphatic rings. The summed E-state index contributed by atoms with van der Waals surface area (Å²) in [4.78, 5) is 14.3. The lowest BCUT2D eigenvalue weighted by Crippen LogP contribution is -2.40. The van der Waals surface area contributed by atoms with E-state index in [4.69, 9.17) is 9.47 Å². The van der Waals surface area contributed by atoms with Gasteiger partial charge in [-0.15, -0.1) is 0 Å². The fraction of sp³-hybridized carbons (Fsp3) is 0.400. The van der Waals surface area contributed by atoms with Gasteiger partial charge in [-0.25, -0.2) is 4.39 Å². The fourth-order valence-electron chi connectivity index (χ4n) is 3.85. The van der Waals surface area contributed by atoms with Crippen molar-refractivity contribution < 1.29 is 18.7 Å². The molecule has 4 nitrogen and oxygen atoms in total. The lowest BCUT2D eigenvalue weighted by molar-refractivity contribution is -0.150. The molecule has 2 aromatic carbocycles. The van der Waals surface area contributed by atoms with Crippen molar-refractivity contribution in [3.05, 3.63) is 77.3 Å². The Morgan fingerprint density at radius 2 is 2.07 bits per heavy atom. The Morgan fingerprint density at radius 1 is 1.23 bits per heavy atom. The van der Waals surface area contributed by atoms with Gasteiger partial charge in [0.15, 0.2) is 0 Å². The Bertz CT molecular complexity index is 880. The molecule has 3 rings (SSSR count). The number of ether oxygens (including phenoxy) is 2. The quantitative estimate of drug-likeness (QED) is 0.355. The fourth-order valence-corrected chi connectivity index (χ4v) is 3.85. The van der Waals surface area contributed by atoms with Crippen LogP contribution >= 0.6 is 0 Å². The second-order valence-corrected chi connectivity index (χ2v) is 7.62. The number of rotatable bonds is 8. The molecule has 1 saturated heterocycles. The molecular formula is C25H30FNO3. The molecule has 2 aromatic rings.